The van der Waals surface area contributed by atoms with E-state index in [2.05, 4.69) is 56.5 Å². The molecule has 562 valence electrons. The Bertz CT molecular complexity index is 1920. The maximum Gasteiger partial charge on any atom is 0.305 e. The molecule has 96 heavy (non-hydrogen) atoms. The van der Waals surface area contributed by atoms with E-state index in [0.717, 1.165) is 185 Å². The highest BCUT2D eigenvalue weighted by atomic mass is 35.5. The van der Waals surface area contributed by atoms with Crippen LogP contribution in [0.25, 0.3) is 0 Å². The van der Waals surface area contributed by atoms with E-state index in [4.69, 9.17) is 42.5 Å². The Morgan fingerprint density at radius 1 is 0.396 bits per heavy atom. The van der Waals surface area contributed by atoms with Crippen molar-refractivity contribution in [3.63, 3.8) is 0 Å². The summed E-state index contributed by atoms with van der Waals surface area (Å²) < 4.78 is 4.87. The molecule has 5 rings (SSSR count). The summed E-state index contributed by atoms with van der Waals surface area (Å²) in [5.74, 6) is 1.40. The van der Waals surface area contributed by atoms with Gasteiger partial charge in [0.1, 0.15) is 11.6 Å². The number of hydroxylamine groups is 2. The van der Waals surface area contributed by atoms with Gasteiger partial charge in [-0.3, -0.25) is 44.0 Å². The Hall–Kier alpha value is -3.84. The van der Waals surface area contributed by atoms with Crippen LogP contribution in [0.3, 0.4) is 0 Å². The standard InChI is InChI=1S/C16H28O3.C14H26N2O3.C14H26N2O2.C14H24O3.C7H11ClO.2C6H15N/c1-2-19-16(18)13-9-4-3-8-12-15(17)14-10-6-5-7-11-14;17-14(16-19)11-7-2-1-6-10-13(15-18)12-8-4-3-5-9-12;15-13(12-8-4-3-5-9-12)10-6-1-2-7-11-14(17)16-18;15-13(12-8-4-3-5-9-12)10-6-1-2-7-11-14(16)17;8-7(9)6-4-2-1-3-5-6;2*1-4-7(5-2)6-3/h14H,2-13H2,1H3;12,18-19H,1-11H2,(H,16,17);12,15,18H,1-11H2,(H,16,17);12H,1-11H2,(H,16,17);6H,1-5H2;2*4-6H2,1-3H3. The second-order valence-corrected chi connectivity index (χ2v) is 27.6. The van der Waals surface area contributed by atoms with Gasteiger partial charge in [0.2, 0.25) is 17.1 Å². The van der Waals surface area contributed by atoms with E-state index in [0.29, 0.717) is 67.5 Å². The topological polar surface area (TPSA) is 276 Å². The van der Waals surface area contributed by atoms with E-state index in [1.807, 2.05) is 6.92 Å². The predicted octanol–water partition coefficient (Wildman–Crippen LogP) is 19.3. The maximum atomic E-state index is 12.0. The second kappa shape index (κ2) is 68.3. The first-order valence-corrected chi connectivity index (χ1v) is 39.5. The number of hydrogen-bond acceptors (Lipinski definition) is 15. The molecule has 2 amide bonds. The zero-order valence-corrected chi connectivity index (χ0v) is 63.0. The third-order valence-corrected chi connectivity index (χ3v) is 20.2. The van der Waals surface area contributed by atoms with Gasteiger partial charge in [-0.1, -0.05) is 194 Å². The zero-order valence-electron chi connectivity index (χ0n) is 62.3. The molecule has 0 heterocycles. The second-order valence-electron chi connectivity index (χ2n) is 27.2. The zero-order chi connectivity index (χ0) is 71.7. The number of aliphatic carboxylic acids is 1. The van der Waals surface area contributed by atoms with Crippen LogP contribution in [-0.2, 0) is 38.3 Å². The van der Waals surface area contributed by atoms with Crippen LogP contribution in [-0.4, -0.2) is 128 Å². The third-order valence-electron chi connectivity index (χ3n) is 19.9. The molecular formula is C77H145ClN6O12. The highest BCUT2D eigenvalue weighted by Crippen LogP contribution is 2.30. The number of carboxylic acid groups (broad SMARTS) is 1. The molecule has 0 saturated heterocycles. The number of hydrogen-bond donors (Lipinski definition) is 7. The van der Waals surface area contributed by atoms with Crippen molar-refractivity contribution < 1.29 is 59.0 Å². The fraction of sp³-hybridized carbons (Fsp3) is 0.883. The van der Waals surface area contributed by atoms with E-state index in [1.165, 1.54) is 148 Å². The quantitative estimate of drug-likeness (QED) is 0.00572. The highest BCUT2D eigenvalue weighted by Gasteiger charge is 2.23. The van der Waals surface area contributed by atoms with Gasteiger partial charge in [-0.2, -0.15) is 0 Å². The number of carbonyl (C=O) groups is 7. The molecule has 0 aliphatic heterocycles. The predicted molar refractivity (Wildman–Crippen MR) is 393 cm³/mol. The van der Waals surface area contributed by atoms with Crippen LogP contribution in [0.5, 0.6) is 0 Å². The van der Waals surface area contributed by atoms with Gasteiger partial charge in [0, 0.05) is 67.9 Å². The van der Waals surface area contributed by atoms with E-state index >= 15 is 0 Å². The molecule has 5 aliphatic carbocycles. The van der Waals surface area contributed by atoms with Crippen molar-refractivity contribution in [2.24, 2.45) is 34.7 Å². The van der Waals surface area contributed by atoms with Gasteiger partial charge in [-0.25, -0.2) is 11.0 Å². The summed E-state index contributed by atoms with van der Waals surface area (Å²) in [5.41, 5.74) is 5.19. The number of Topliss-reactive ketones (excluding diaryl/α,β-unsaturated/α-hetero) is 2. The highest BCUT2D eigenvalue weighted by molar-refractivity contribution is 6.64. The van der Waals surface area contributed by atoms with Crippen molar-refractivity contribution in [2.45, 2.75) is 363 Å². The van der Waals surface area contributed by atoms with Crippen LogP contribution in [0.1, 0.15) is 363 Å². The van der Waals surface area contributed by atoms with Gasteiger partial charge in [-0.05, 0) is 192 Å². The number of carbonyl (C=O) groups excluding carboxylic acids is 6. The van der Waals surface area contributed by atoms with Crippen molar-refractivity contribution in [1.82, 2.24) is 20.8 Å². The fourth-order valence-electron chi connectivity index (χ4n) is 13.5. The Kier molecular flexibility index (Phi) is 67.0. The van der Waals surface area contributed by atoms with Crippen molar-refractivity contribution >= 4 is 63.6 Å². The lowest BCUT2D eigenvalue weighted by molar-refractivity contribution is -0.143. The Labute approximate surface area is 589 Å². The minimum absolute atomic E-state index is 0.0965. The first kappa shape index (κ1) is 94.2. The number of nitrogens with zero attached hydrogens (tertiary/aromatic N) is 3. The van der Waals surface area contributed by atoms with Crippen LogP contribution in [0.15, 0.2) is 5.16 Å². The molecule has 0 bridgehead atoms. The lowest BCUT2D eigenvalue weighted by Crippen LogP contribution is -2.21. The summed E-state index contributed by atoms with van der Waals surface area (Å²) in [4.78, 5) is 82.1. The summed E-state index contributed by atoms with van der Waals surface area (Å²) in [5, 5.41) is 45.7. The minimum atomic E-state index is -0.719. The number of oxime groups is 1. The molecule has 7 N–H and O–H groups in total. The number of ether oxygens (including phenoxy) is 1. The molecule has 0 aromatic carbocycles. The Morgan fingerprint density at radius 3 is 0.979 bits per heavy atom. The van der Waals surface area contributed by atoms with E-state index in [-0.39, 0.29) is 35.4 Å². The van der Waals surface area contributed by atoms with E-state index in [1.54, 1.807) is 11.0 Å². The lowest BCUT2D eigenvalue weighted by Gasteiger charge is -2.22. The monoisotopic (exact) mass is 1380 g/mol. The molecule has 0 spiro atoms. The molecule has 0 aromatic heterocycles. The van der Waals surface area contributed by atoms with Crippen LogP contribution in [0.4, 0.5) is 0 Å². The first-order valence-electron chi connectivity index (χ1n) is 39.2. The Morgan fingerprint density at radius 2 is 0.688 bits per heavy atom. The lowest BCUT2D eigenvalue weighted by atomic mass is 9.84. The smallest absolute Gasteiger partial charge is 0.305 e. The molecule has 0 unspecified atom stereocenters. The number of carboxylic acids is 1. The molecule has 0 atom stereocenters. The van der Waals surface area contributed by atoms with Crippen molar-refractivity contribution in [1.29, 1.82) is 5.41 Å². The largest absolute Gasteiger partial charge is 0.481 e. The number of esters is 1. The summed E-state index contributed by atoms with van der Waals surface area (Å²) >= 11 is 5.32. The third kappa shape index (κ3) is 56.0. The summed E-state index contributed by atoms with van der Waals surface area (Å²) in [6, 6.07) is 0. The number of halogens is 1. The number of ketones is 2. The Balaban J connectivity index is 0. The summed E-state index contributed by atoms with van der Waals surface area (Å²) in [7, 11) is 0. The van der Waals surface area contributed by atoms with E-state index in [9.17, 15) is 33.6 Å². The molecule has 19 heteroatoms. The molecule has 5 saturated carbocycles. The summed E-state index contributed by atoms with van der Waals surface area (Å²) in [6.45, 7) is 22.5. The molecule has 5 aliphatic rings. The molecule has 5 fully saturated rings. The van der Waals surface area contributed by atoms with Crippen LogP contribution < -0.4 is 11.0 Å². The van der Waals surface area contributed by atoms with Gasteiger partial charge < -0.3 is 30.3 Å². The number of amides is 2. The SMILES string of the molecule is CCN(CC)CC.CCN(CC)CC.CCOC(=O)CCCCCCC(=O)C1CCCCC1.N=C(CCCCCCC(=O)NO)C1CCCCC1.O=C(CCCCCCC(=NO)C1CCCCC1)NO.O=C(Cl)C1CCCCC1.O=C(O)CCCCCCC(=O)C1CCCCC1. The van der Waals surface area contributed by atoms with Gasteiger partial charge >= 0.3 is 11.9 Å². The van der Waals surface area contributed by atoms with Gasteiger partial charge in [0.05, 0.1) is 12.3 Å². The number of rotatable bonds is 40. The van der Waals surface area contributed by atoms with Crippen LogP contribution >= 0.6 is 11.6 Å². The van der Waals surface area contributed by atoms with Crippen molar-refractivity contribution in [2.75, 3.05) is 45.9 Å². The maximum absolute atomic E-state index is 12.0. The van der Waals surface area contributed by atoms with Crippen molar-refractivity contribution in [3.05, 3.63) is 0 Å². The van der Waals surface area contributed by atoms with Gasteiger partial charge in [-0.15, -0.1) is 0 Å². The molecule has 0 aromatic rings. The average Bonchev–Trinajstić information content (AvgIpc) is 1.66. The van der Waals surface area contributed by atoms with E-state index < -0.39 is 5.97 Å². The molecular weight excluding hydrogens is 1240 g/mol. The molecule has 18 nitrogen and oxygen atoms in total. The minimum Gasteiger partial charge on any atom is -0.481 e. The normalized spacial score (nSPS) is 16.3. The first-order chi connectivity index (χ1) is 46.4. The van der Waals surface area contributed by atoms with Crippen molar-refractivity contribution in [3.8, 4) is 0 Å². The van der Waals surface area contributed by atoms with Crippen LogP contribution in [0.2, 0.25) is 0 Å². The van der Waals surface area contributed by atoms with Gasteiger partial charge in [0.15, 0.2) is 0 Å². The molecule has 0 radical (unpaired) electrons. The average molecular weight is 1380 g/mol. The number of nitrogens with one attached hydrogen (secondary N) is 3. The number of unbranched alkanes of at least 4 members (excludes halogenated alkanes) is 12. The summed E-state index contributed by atoms with van der Waals surface area (Å²) in [6.07, 6.45) is 50.2. The fourth-order valence-corrected chi connectivity index (χ4v) is 13.7. The van der Waals surface area contributed by atoms with Gasteiger partial charge in [0.25, 0.3) is 0 Å². The van der Waals surface area contributed by atoms with Crippen LogP contribution in [0, 0.1) is 35.0 Å².